The second kappa shape index (κ2) is 7.25. The van der Waals surface area contributed by atoms with Crippen LogP contribution in [0.5, 0.6) is 0 Å². The van der Waals surface area contributed by atoms with E-state index in [9.17, 15) is 9.59 Å². The highest BCUT2D eigenvalue weighted by Crippen LogP contribution is 2.11. The Labute approximate surface area is 112 Å². The standard InChI is InChI=1S/C13H19N3O3/c1-3-8-16(9-12(17)19-2)13(18)15-11-6-4-10(14)5-7-11/h4-7H,3,8-9,14H2,1-2H3,(H,15,18). The van der Waals surface area contributed by atoms with Gasteiger partial charge >= 0.3 is 12.0 Å². The van der Waals surface area contributed by atoms with E-state index in [1.807, 2.05) is 6.92 Å². The van der Waals surface area contributed by atoms with E-state index >= 15 is 0 Å². The van der Waals surface area contributed by atoms with Gasteiger partial charge in [-0.2, -0.15) is 0 Å². The van der Waals surface area contributed by atoms with Gasteiger partial charge in [0.05, 0.1) is 7.11 Å². The molecule has 3 N–H and O–H groups in total. The van der Waals surface area contributed by atoms with Gasteiger partial charge in [-0.15, -0.1) is 0 Å². The third kappa shape index (κ3) is 4.87. The molecule has 0 aliphatic heterocycles. The quantitative estimate of drug-likeness (QED) is 0.626. The normalized spacial score (nSPS) is 9.79. The summed E-state index contributed by atoms with van der Waals surface area (Å²) in [5, 5.41) is 2.71. The predicted octanol–water partition coefficient (Wildman–Crippen LogP) is 1.69. The third-order valence-corrected chi connectivity index (χ3v) is 2.49. The van der Waals surface area contributed by atoms with Crippen molar-refractivity contribution in [3.8, 4) is 0 Å². The van der Waals surface area contributed by atoms with Gasteiger partial charge in [0, 0.05) is 17.9 Å². The van der Waals surface area contributed by atoms with Gasteiger partial charge in [0.15, 0.2) is 0 Å². The van der Waals surface area contributed by atoms with Crippen LogP contribution in [-0.4, -0.2) is 37.1 Å². The first-order valence-electron chi connectivity index (χ1n) is 6.05. The second-order valence-corrected chi connectivity index (χ2v) is 4.05. The van der Waals surface area contributed by atoms with Gasteiger partial charge in [0.1, 0.15) is 6.54 Å². The van der Waals surface area contributed by atoms with Crippen LogP contribution < -0.4 is 11.1 Å². The summed E-state index contributed by atoms with van der Waals surface area (Å²) >= 11 is 0. The van der Waals surface area contributed by atoms with E-state index in [1.165, 1.54) is 12.0 Å². The lowest BCUT2D eigenvalue weighted by Crippen LogP contribution is -2.39. The fraction of sp³-hybridized carbons (Fsp3) is 0.385. The summed E-state index contributed by atoms with van der Waals surface area (Å²) < 4.78 is 4.57. The maximum atomic E-state index is 12.0. The van der Waals surface area contributed by atoms with Crippen molar-refractivity contribution in [3.05, 3.63) is 24.3 Å². The van der Waals surface area contributed by atoms with Crippen molar-refractivity contribution in [2.24, 2.45) is 0 Å². The Balaban J connectivity index is 2.65. The Kier molecular flexibility index (Phi) is 5.66. The van der Waals surface area contributed by atoms with Crippen LogP contribution in [0.15, 0.2) is 24.3 Å². The Morgan fingerprint density at radius 1 is 1.32 bits per heavy atom. The van der Waals surface area contributed by atoms with Crippen LogP contribution in [-0.2, 0) is 9.53 Å². The molecule has 0 saturated heterocycles. The van der Waals surface area contributed by atoms with Crippen molar-refractivity contribution in [1.82, 2.24) is 4.90 Å². The van der Waals surface area contributed by atoms with Gasteiger partial charge < -0.3 is 20.7 Å². The van der Waals surface area contributed by atoms with Crippen molar-refractivity contribution in [3.63, 3.8) is 0 Å². The molecule has 0 aliphatic carbocycles. The van der Waals surface area contributed by atoms with Crippen LogP contribution in [0.1, 0.15) is 13.3 Å². The average molecular weight is 265 g/mol. The van der Waals surface area contributed by atoms with Crippen LogP contribution in [0, 0.1) is 0 Å². The highest BCUT2D eigenvalue weighted by molar-refractivity contribution is 5.91. The van der Waals surface area contributed by atoms with E-state index < -0.39 is 5.97 Å². The van der Waals surface area contributed by atoms with Gasteiger partial charge in [-0.05, 0) is 30.7 Å². The number of hydrogen-bond donors (Lipinski definition) is 2. The van der Waals surface area contributed by atoms with Crippen LogP contribution in [0.25, 0.3) is 0 Å². The first-order valence-corrected chi connectivity index (χ1v) is 6.05. The molecule has 104 valence electrons. The molecule has 0 atom stereocenters. The number of amides is 2. The number of rotatable bonds is 5. The van der Waals surface area contributed by atoms with Gasteiger partial charge in [-0.25, -0.2) is 4.79 Å². The molecule has 19 heavy (non-hydrogen) atoms. The predicted molar refractivity (Wildman–Crippen MR) is 73.8 cm³/mol. The molecule has 0 saturated carbocycles. The molecule has 1 rings (SSSR count). The minimum Gasteiger partial charge on any atom is -0.468 e. The van der Waals surface area contributed by atoms with Gasteiger partial charge in [-0.1, -0.05) is 6.92 Å². The number of ether oxygens (including phenoxy) is 1. The maximum absolute atomic E-state index is 12.0. The highest BCUT2D eigenvalue weighted by atomic mass is 16.5. The van der Waals surface area contributed by atoms with Gasteiger partial charge in [0.2, 0.25) is 0 Å². The third-order valence-electron chi connectivity index (χ3n) is 2.49. The molecule has 0 spiro atoms. The lowest BCUT2D eigenvalue weighted by molar-refractivity contribution is -0.141. The van der Waals surface area contributed by atoms with Crippen molar-refractivity contribution in [1.29, 1.82) is 0 Å². The smallest absolute Gasteiger partial charge is 0.325 e. The molecule has 1 aromatic rings. The summed E-state index contributed by atoms with van der Waals surface area (Å²) in [6, 6.07) is 6.46. The molecule has 0 aromatic heterocycles. The van der Waals surface area contributed by atoms with E-state index in [0.29, 0.717) is 17.9 Å². The number of methoxy groups -OCH3 is 1. The number of hydrogen-bond acceptors (Lipinski definition) is 4. The molecular formula is C13H19N3O3. The van der Waals surface area contributed by atoms with Crippen LogP contribution in [0.3, 0.4) is 0 Å². The first kappa shape index (κ1) is 14.8. The second-order valence-electron chi connectivity index (χ2n) is 4.05. The zero-order valence-corrected chi connectivity index (χ0v) is 11.2. The molecule has 1 aromatic carbocycles. The van der Waals surface area contributed by atoms with Crippen molar-refractivity contribution in [2.45, 2.75) is 13.3 Å². The maximum Gasteiger partial charge on any atom is 0.325 e. The summed E-state index contributed by atoms with van der Waals surface area (Å²) in [6.07, 6.45) is 0.756. The molecule has 0 radical (unpaired) electrons. The van der Waals surface area contributed by atoms with E-state index in [4.69, 9.17) is 5.73 Å². The summed E-state index contributed by atoms with van der Waals surface area (Å²) in [4.78, 5) is 24.7. The Hall–Kier alpha value is -2.24. The minimum atomic E-state index is -0.444. The Bertz CT molecular complexity index is 431. The average Bonchev–Trinajstić information content (AvgIpc) is 2.40. The molecule has 2 amide bonds. The zero-order valence-electron chi connectivity index (χ0n) is 11.2. The number of urea groups is 1. The summed E-state index contributed by atoms with van der Waals surface area (Å²) in [7, 11) is 1.30. The monoisotopic (exact) mass is 265 g/mol. The van der Waals surface area contributed by atoms with E-state index in [0.717, 1.165) is 6.42 Å². The highest BCUT2D eigenvalue weighted by Gasteiger charge is 2.16. The lowest BCUT2D eigenvalue weighted by atomic mass is 10.3. The number of anilines is 2. The van der Waals surface area contributed by atoms with Crippen molar-refractivity contribution < 1.29 is 14.3 Å². The Morgan fingerprint density at radius 3 is 2.47 bits per heavy atom. The molecular weight excluding hydrogens is 246 g/mol. The molecule has 0 aliphatic rings. The summed E-state index contributed by atoms with van der Waals surface area (Å²) in [5.41, 5.74) is 6.82. The molecule has 0 fully saturated rings. The van der Waals surface area contributed by atoms with Gasteiger partial charge in [-0.3, -0.25) is 4.79 Å². The molecule has 0 bridgehead atoms. The van der Waals surface area contributed by atoms with E-state index in [-0.39, 0.29) is 12.6 Å². The number of nitrogens with two attached hydrogens (primary N) is 1. The summed E-state index contributed by atoms with van der Waals surface area (Å²) in [5.74, 6) is -0.444. The lowest BCUT2D eigenvalue weighted by Gasteiger charge is -2.21. The largest absolute Gasteiger partial charge is 0.468 e. The molecule has 6 nitrogen and oxygen atoms in total. The number of carbonyl (C=O) groups is 2. The fourth-order valence-corrected chi connectivity index (χ4v) is 1.51. The Morgan fingerprint density at radius 2 is 1.95 bits per heavy atom. The molecule has 6 heteroatoms. The SMILES string of the molecule is CCCN(CC(=O)OC)C(=O)Nc1ccc(N)cc1. The molecule has 0 unspecified atom stereocenters. The number of benzene rings is 1. The number of nitrogens with zero attached hydrogens (tertiary/aromatic N) is 1. The minimum absolute atomic E-state index is 0.0643. The van der Waals surface area contributed by atoms with Crippen LogP contribution >= 0.6 is 0 Å². The fourth-order valence-electron chi connectivity index (χ4n) is 1.51. The van der Waals surface area contributed by atoms with Crippen molar-refractivity contribution >= 4 is 23.4 Å². The van der Waals surface area contributed by atoms with Gasteiger partial charge in [0.25, 0.3) is 0 Å². The number of nitrogens with one attached hydrogen (secondary N) is 1. The zero-order chi connectivity index (χ0) is 14.3. The summed E-state index contributed by atoms with van der Waals surface area (Å²) in [6.45, 7) is 2.35. The number of esters is 1. The number of nitrogen functional groups attached to an aromatic ring is 1. The topological polar surface area (TPSA) is 84.7 Å². The number of carbonyl (C=O) groups excluding carboxylic acids is 2. The van der Waals surface area contributed by atoms with Crippen LogP contribution in [0.4, 0.5) is 16.2 Å². The van der Waals surface area contributed by atoms with E-state index in [1.54, 1.807) is 24.3 Å². The van der Waals surface area contributed by atoms with Crippen LogP contribution in [0.2, 0.25) is 0 Å². The first-order chi connectivity index (χ1) is 9.06. The van der Waals surface area contributed by atoms with Crippen molar-refractivity contribution in [2.75, 3.05) is 31.2 Å². The van der Waals surface area contributed by atoms with E-state index in [2.05, 4.69) is 10.1 Å². The molecule has 0 heterocycles.